The second-order valence-corrected chi connectivity index (χ2v) is 5.47. The van der Waals surface area contributed by atoms with Crippen molar-refractivity contribution in [3.05, 3.63) is 27.7 Å². The summed E-state index contributed by atoms with van der Waals surface area (Å²) in [6, 6.07) is 5.14. The second kappa shape index (κ2) is 4.78. The van der Waals surface area contributed by atoms with Crippen LogP contribution in [0.2, 0.25) is 5.02 Å². The van der Waals surface area contributed by atoms with Crippen LogP contribution in [-0.2, 0) is 4.79 Å². The molecule has 0 atom stereocenters. The van der Waals surface area contributed by atoms with Crippen molar-refractivity contribution < 1.29 is 10.0 Å². The topological polar surface area (TPSA) is 87.7 Å². The Hall–Kier alpha value is -1.27. The molecule has 1 aromatic carbocycles. The van der Waals surface area contributed by atoms with E-state index in [9.17, 15) is 4.79 Å². The van der Waals surface area contributed by atoms with Crippen molar-refractivity contribution in [3.8, 4) is 0 Å². The average molecular weight is 333 g/mol. The van der Waals surface area contributed by atoms with Crippen molar-refractivity contribution in [3.63, 3.8) is 0 Å². The van der Waals surface area contributed by atoms with Gasteiger partial charge in [0.15, 0.2) is 5.84 Å². The molecule has 1 saturated carbocycles. The molecule has 0 saturated heterocycles. The summed E-state index contributed by atoms with van der Waals surface area (Å²) in [5.74, 6) is -0.366. The number of oxime groups is 1. The SMILES string of the molecule is N/C(=N/O)C1(C(=O)Nc2ccc(Br)cc2Cl)CC1. The molecule has 0 radical (unpaired) electrons. The number of anilines is 1. The molecule has 2 rings (SSSR count). The largest absolute Gasteiger partial charge is 0.409 e. The number of hydrogen-bond acceptors (Lipinski definition) is 3. The molecule has 7 heteroatoms. The molecular formula is C11H11BrClN3O2. The van der Waals surface area contributed by atoms with Crippen molar-refractivity contribution in [1.29, 1.82) is 0 Å². The van der Waals surface area contributed by atoms with Gasteiger partial charge in [0.25, 0.3) is 0 Å². The van der Waals surface area contributed by atoms with Crippen LogP contribution < -0.4 is 11.1 Å². The number of carbonyl (C=O) groups is 1. The lowest BCUT2D eigenvalue weighted by Crippen LogP contribution is -2.36. The summed E-state index contributed by atoms with van der Waals surface area (Å²) in [6.45, 7) is 0. The quantitative estimate of drug-likeness (QED) is 0.344. The number of nitrogens with zero attached hydrogens (tertiary/aromatic N) is 1. The van der Waals surface area contributed by atoms with Gasteiger partial charge in [-0.15, -0.1) is 0 Å². The first-order valence-corrected chi connectivity index (χ1v) is 6.41. The zero-order valence-corrected chi connectivity index (χ0v) is 11.6. The molecule has 1 aromatic rings. The molecule has 1 aliphatic rings. The number of hydrogen-bond donors (Lipinski definition) is 3. The van der Waals surface area contributed by atoms with Gasteiger partial charge < -0.3 is 16.3 Å². The summed E-state index contributed by atoms with van der Waals surface area (Å²) in [7, 11) is 0. The van der Waals surface area contributed by atoms with E-state index in [1.807, 2.05) is 0 Å². The van der Waals surface area contributed by atoms with E-state index in [0.29, 0.717) is 23.6 Å². The lowest BCUT2D eigenvalue weighted by molar-refractivity contribution is -0.119. The van der Waals surface area contributed by atoms with Crippen molar-refractivity contribution >= 4 is 45.0 Å². The number of amidine groups is 1. The van der Waals surface area contributed by atoms with Gasteiger partial charge in [-0.2, -0.15) is 0 Å². The number of halogens is 2. The van der Waals surface area contributed by atoms with E-state index in [4.69, 9.17) is 22.5 Å². The van der Waals surface area contributed by atoms with Gasteiger partial charge >= 0.3 is 0 Å². The third kappa shape index (κ3) is 2.30. The molecule has 0 bridgehead atoms. The van der Waals surface area contributed by atoms with Gasteiger partial charge in [0.1, 0.15) is 5.41 Å². The highest BCUT2D eigenvalue weighted by Gasteiger charge is 2.54. The molecule has 0 aliphatic heterocycles. The molecule has 4 N–H and O–H groups in total. The first kappa shape index (κ1) is 13.2. The van der Waals surface area contributed by atoms with Crippen molar-refractivity contribution in [2.24, 2.45) is 16.3 Å². The van der Waals surface area contributed by atoms with Crippen LogP contribution in [-0.4, -0.2) is 17.0 Å². The molecule has 0 unspecified atom stereocenters. The fourth-order valence-electron chi connectivity index (χ4n) is 1.65. The zero-order valence-electron chi connectivity index (χ0n) is 9.28. The zero-order chi connectivity index (χ0) is 13.3. The monoisotopic (exact) mass is 331 g/mol. The van der Waals surface area contributed by atoms with Crippen LogP contribution in [0.5, 0.6) is 0 Å². The van der Waals surface area contributed by atoms with Crippen molar-refractivity contribution in [1.82, 2.24) is 0 Å². The minimum Gasteiger partial charge on any atom is -0.409 e. The third-order valence-corrected chi connectivity index (χ3v) is 3.77. The molecule has 18 heavy (non-hydrogen) atoms. The van der Waals surface area contributed by atoms with Crippen LogP contribution in [0.25, 0.3) is 0 Å². The second-order valence-electron chi connectivity index (χ2n) is 4.15. The van der Waals surface area contributed by atoms with Crippen LogP contribution in [0.4, 0.5) is 5.69 Å². The molecule has 1 aliphatic carbocycles. The number of nitrogens with one attached hydrogen (secondary N) is 1. The fraction of sp³-hybridized carbons (Fsp3) is 0.273. The molecule has 1 amide bonds. The summed E-state index contributed by atoms with van der Waals surface area (Å²) >= 11 is 9.28. The fourth-order valence-corrected chi connectivity index (χ4v) is 2.37. The van der Waals surface area contributed by atoms with E-state index in [1.165, 1.54) is 0 Å². The van der Waals surface area contributed by atoms with Crippen LogP contribution in [0.3, 0.4) is 0 Å². The number of amides is 1. The Morgan fingerprint density at radius 1 is 1.56 bits per heavy atom. The number of nitrogens with two attached hydrogens (primary N) is 1. The highest BCUT2D eigenvalue weighted by atomic mass is 79.9. The third-order valence-electron chi connectivity index (χ3n) is 2.96. The van der Waals surface area contributed by atoms with Gasteiger partial charge in [-0.3, -0.25) is 4.79 Å². The van der Waals surface area contributed by atoms with E-state index in [1.54, 1.807) is 18.2 Å². The maximum absolute atomic E-state index is 12.1. The van der Waals surface area contributed by atoms with Crippen LogP contribution in [0.15, 0.2) is 27.8 Å². The van der Waals surface area contributed by atoms with Gasteiger partial charge in [-0.05, 0) is 31.0 Å². The summed E-state index contributed by atoms with van der Waals surface area (Å²) in [4.78, 5) is 12.1. The van der Waals surface area contributed by atoms with E-state index < -0.39 is 5.41 Å². The average Bonchev–Trinajstić information content (AvgIpc) is 3.13. The summed E-state index contributed by atoms with van der Waals surface area (Å²) < 4.78 is 0.822. The Kier molecular flexibility index (Phi) is 3.49. The van der Waals surface area contributed by atoms with E-state index in [2.05, 4.69) is 26.4 Å². The van der Waals surface area contributed by atoms with Gasteiger partial charge in [0.05, 0.1) is 10.7 Å². The lowest BCUT2D eigenvalue weighted by Gasteiger charge is -2.14. The van der Waals surface area contributed by atoms with Gasteiger partial charge in [-0.25, -0.2) is 0 Å². The minimum absolute atomic E-state index is 0.0618. The van der Waals surface area contributed by atoms with E-state index >= 15 is 0 Å². The summed E-state index contributed by atoms with van der Waals surface area (Å²) in [6.07, 6.45) is 1.14. The normalized spacial score (nSPS) is 17.3. The molecule has 0 spiro atoms. The molecule has 5 nitrogen and oxygen atoms in total. The Morgan fingerprint density at radius 3 is 2.72 bits per heavy atom. The molecule has 1 fully saturated rings. The Bertz CT molecular complexity index is 529. The van der Waals surface area contributed by atoms with E-state index in [0.717, 1.165) is 4.47 Å². The molecule has 0 heterocycles. The minimum atomic E-state index is -0.884. The van der Waals surface area contributed by atoms with E-state index in [-0.39, 0.29) is 11.7 Å². The number of carbonyl (C=O) groups excluding carboxylic acids is 1. The first-order chi connectivity index (χ1) is 8.49. The maximum atomic E-state index is 12.1. The standard InChI is InChI=1S/C11H11BrClN3O2/c12-6-1-2-8(7(13)5-6)15-10(17)11(3-4-11)9(14)16-18/h1-2,5,18H,3-4H2,(H2,14,16)(H,15,17). The van der Waals surface area contributed by atoms with Crippen molar-refractivity contribution in [2.45, 2.75) is 12.8 Å². The molecule has 0 aromatic heterocycles. The first-order valence-electron chi connectivity index (χ1n) is 5.24. The van der Waals surface area contributed by atoms with Gasteiger partial charge in [-0.1, -0.05) is 32.7 Å². The Balaban J connectivity index is 2.18. The van der Waals surface area contributed by atoms with Crippen molar-refractivity contribution in [2.75, 3.05) is 5.32 Å². The smallest absolute Gasteiger partial charge is 0.238 e. The predicted molar refractivity (Wildman–Crippen MR) is 72.9 cm³/mol. The number of rotatable bonds is 3. The van der Waals surface area contributed by atoms with Gasteiger partial charge in [0, 0.05) is 4.47 Å². The highest BCUT2D eigenvalue weighted by molar-refractivity contribution is 9.10. The number of benzene rings is 1. The molecule has 96 valence electrons. The summed E-state index contributed by atoms with van der Waals surface area (Å²) in [5.41, 5.74) is 5.15. The van der Waals surface area contributed by atoms with Gasteiger partial charge in [0.2, 0.25) is 5.91 Å². The van der Waals surface area contributed by atoms with Crippen LogP contribution >= 0.6 is 27.5 Å². The molecular weight excluding hydrogens is 321 g/mol. The predicted octanol–water partition coefficient (Wildman–Crippen LogP) is 2.57. The Labute approximate surface area is 117 Å². The highest BCUT2D eigenvalue weighted by Crippen LogP contribution is 2.47. The van der Waals surface area contributed by atoms with Crippen LogP contribution in [0, 0.1) is 5.41 Å². The summed E-state index contributed by atoms with van der Waals surface area (Å²) in [5, 5.41) is 14.7. The maximum Gasteiger partial charge on any atom is 0.238 e. The van der Waals surface area contributed by atoms with Crippen LogP contribution in [0.1, 0.15) is 12.8 Å². The Morgan fingerprint density at radius 2 is 2.22 bits per heavy atom. The lowest BCUT2D eigenvalue weighted by atomic mass is 10.1.